The minimum Gasteiger partial charge on any atom is -0.339 e. The van der Waals surface area contributed by atoms with E-state index in [4.69, 9.17) is 0 Å². The molecule has 8 heteroatoms. The Bertz CT molecular complexity index is 1150. The van der Waals surface area contributed by atoms with Crippen molar-refractivity contribution in [3.05, 3.63) is 66.5 Å². The first kappa shape index (κ1) is 19.4. The third-order valence-electron chi connectivity index (χ3n) is 4.84. The number of nitrogens with one attached hydrogen (secondary N) is 3. The third-order valence-corrected chi connectivity index (χ3v) is 4.84. The molecule has 0 saturated carbocycles. The fourth-order valence-electron chi connectivity index (χ4n) is 3.22. The normalized spacial score (nSPS) is 10.7. The highest BCUT2D eigenvalue weighted by atomic mass is 16.2. The summed E-state index contributed by atoms with van der Waals surface area (Å²) < 4.78 is 0. The molecule has 0 aliphatic heterocycles. The molecule has 3 N–H and O–H groups in total. The molecular weight excluding hydrogens is 378 g/mol. The molecule has 4 aromatic rings. The molecule has 0 spiro atoms. The van der Waals surface area contributed by atoms with Crippen molar-refractivity contribution in [2.45, 2.75) is 13.8 Å². The quantitative estimate of drug-likeness (QED) is 0.426. The second kappa shape index (κ2) is 8.60. The molecule has 0 fully saturated rings. The zero-order valence-corrected chi connectivity index (χ0v) is 16.9. The topological polar surface area (TPSA) is 98.8 Å². The molecular formula is C22H23N7O. The Balaban J connectivity index is 1.48. The van der Waals surface area contributed by atoms with Crippen molar-refractivity contribution in [3.8, 4) is 0 Å². The van der Waals surface area contributed by atoms with Crippen LogP contribution in [0.1, 0.15) is 24.2 Å². The SMILES string of the molecule is CCN(CC)C(=O)c1ccc(Nc2nccc(Nc3cccc4[nH]ncc34)n2)cc1. The molecule has 1 amide bonds. The van der Waals surface area contributed by atoms with Crippen molar-refractivity contribution >= 4 is 40.0 Å². The van der Waals surface area contributed by atoms with Crippen molar-refractivity contribution in [1.82, 2.24) is 25.1 Å². The maximum Gasteiger partial charge on any atom is 0.253 e. The molecule has 0 aliphatic carbocycles. The number of aromatic nitrogens is 4. The second-order valence-corrected chi connectivity index (χ2v) is 6.71. The second-order valence-electron chi connectivity index (χ2n) is 6.71. The Morgan fingerprint density at radius 1 is 1.03 bits per heavy atom. The highest BCUT2D eigenvalue weighted by Crippen LogP contribution is 2.24. The molecule has 0 aliphatic rings. The lowest BCUT2D eigenvalue weighted by molar-refractivity contribution is 0.0773. The Labute approximate surface area is 174 Å². The average molecular weight is 401 g/mol. The summed E-state index contributed by atoms with van der Waals surface area (Å²) in [4.78, 5) is 23.0. The van der Waals surface area contributed by atoms with E-state index in [0.717, 1.165) is 22.3 Å². The molecule has 0 radical (unpaired) electrons. The molecule has 2 heterocycles. The van der Waals surface area contributed by atoms with E-state index >= 15 is 0 Å². The first-order chi connectivity index (χ1) is 14.7. The lowest BCUT2D eigenvalue weighted by atomic mass is 10.2. The van der Waals surface area contributed by atoms with Gasteiger partial charge in [-0.1, -0.05) is 6.07 Å². The van der Waals surface area contributed by atoms with Crippen LogP contribution in [0.4, 0.5) is 23.1 Å². The van der Waals surface area contributed by atoms with Crippen molar-refractivity contribution in [3.63, 3.8) is 0 Å². The first-order valence-electron chi connectivity index (χ1n) is 9.86. The van der Waals surface area contributed by atoms with Gasteiger partial charge < -0.3 is 15.5 Å². The average Bonchev–Trinajstić information content (AvgIpc) is 3.25. The maximum absolute atomic E-state index is 12.4. The van der Waals surface area contributed by atoms with Crippen LogP contribution in [0.5, 0.6) is 0 Å². The number of nitrogens with zero attached hydrogens (tertiary/aromatic N) is 4. The number of benzene rings is 2. The summed E-state index contributed by atoms with van der Waals surface area (Å²) in [5, 5.41) is 14.5. The van der Waals surface area contributed by atoms with Crippen LogP contribution in [0, 0.1) is 0 Å². The third kappa shape index (κ3) is 4.07. The van der Waals surface area contributed by atoms with Gasteiger partial charge >= 0.3 is 0 Å². The summed E-state index contributed by atoms with van der Waals surface area (Å²) in [5.74, 6) is 1.15. The minimum atomic E-state index is 0.0300. The summed E-state index contributed by atoms with van der Waals surface area (Å²) >= 11 is 0. The summed E-state index contributed by atoms with van der Waals surface area (Å²) in [5.41, 5.74) is 3.32. The van der Waals surface area contributed by atoms with Crippen molar-refractivity contribution < 1.29 is 4.79 Å². The summed E-state index contributed by atoms with van der Waals surface area (Å²) in [7, 11) is 0. The molecule has 30 heavy (non-hydrogen) atoms. The Morgan fingerprint density at radius 3 is 2.60 bits per heavy atom. The Hall–Kier alpha value is -3.94. The standard InChI is InChI=1S/C22H23N7O/c1-3-29(4-2)21(30)15-8-10-16(11-9-15)25-22-23-13-12-20(27-22)26-18-6-5-7-19-17(18)14-24-28-19/h5-14H,3-4H2,1-2H3,(H,24,28)(H2,23,25,26,27). The number of hydrogen-bond donors (Lipinski definition) is 3. The monoisotopic (exact) mass is 401 g/mol. The van der Waals surface area contributed by atoms with Crippen LogP contribution >= 0.6 is 0 Å². The number of carbonyl (C=O) groups is 1. The molecule has 8 nitrogen and oxygen atoms in total. The Kier molecular flexibility index (Phi) is 5.56. The number of aromatic amines is 1. The summed E-state index contributed by atoms with van der Waals surface area (Å²) in [6.45, 7) is 5.33. The molecule has 2 aromatic carbocycles. The number of fused-ring (bicyclic) bond motifs is 1. The first-order valence-corrected chi connectivity index (χ1v) is 9.86. The molecule has 0 atom stereocenters. The summed E-state index contributed by atoms with van der Waals surface area (Å²) in [6.07, 6.45) is 3.46. The van der Waals surface area contributed by atoms with Gasteiger partial charge in [-0.3, -0.25) is 9.89 Å². The van der Waals surface area contributed by atoms with Crippen molar-refractivity contribution in [1.29, 1.82) is 0 Å². The molecule has 0 unspecified atom stereocenters. The van der Waals surface area contributed by atoms with E-state index in [2.05, 4.69) is 30.8 Å². The number of anilines is 4. The van der Waals surface area contributed by atoms with E-state index in [0.29, 0.717) is 30.4 Å². The van der Waals surface area contributed by atoms with Crippen LogP contribution in [0.2, 0.25) is 0 Å². The van der Waals surface area contributed by atoms with Crippen LogP contribution in [0.25, 0.3) is 10.9 Å². The maximum atomic E-state index is 12.4. The van der Waals surface area contributed by atoms with E-state index < -0.39 is 0 Å². The fraction of sp³-hybridized carbons (Fsp3) is 0.182. The zero-order valence-electron chi connectivity index (χ0n) is 16.9. The smallest absolute Gasteiger partial charge is 0.253 e. The predicted molar refractivity (Wildman–Crippen MR) is 118 cm³/mol. The number of amides is 1. The van der Waals surface area contributed by atoms with Gasteiger partial charge in [-0.05, 0) is 56.3 Å². The van der Waals surface area contributed by atoms with Gasteiger partial charge in [0.1, 0.15) is 5.82 Å². The lowest BCUT2D eigenvalue weighted by Gasteiger charge is -2.18. The van der Waals surface area contributed by atoms with E-state index in [-0.39, 0.29) is 5.91 Å². The number of rotatable bonds is 7. The van der Waals surface area contributed by atoms with Crippen LogP contribution in [0.15, 0.2) is 60.9 Å². The minimum absolute atomic E-state index is 0.0300. The van der Waals surface area contributed by atoms with Gasteiger partial charge in [-0.2, -0.15) is 10.1 Å². The molecule has 4 rings (SSSR count). The van der Waals surface area contributed by atoms with Crippen molar-refractivity contribution in [2.24, 2.45) is 0 Å². The van der Waals surface area contributed by atoms with Gasteiger partial charge in [0.15, 0.2) is 0 Å². The molecule has 0 saturated heterocycles. The molecule has 2 aromatic heterocycles. The van der Waals surface area contributed by atoms with Gasteiger partial charge in [0.25, 0.3) is 5.91 Å². The van der Waals surface area contributed by atoms with Crippen LogP contribution in [-0.2, 0) is 0 Å². The van der Waals surface area contributed by atoms with Crippen molar-refractivity contribution in [2.75, 3.05) is 23.7 Å². The lowest BCUT2D eigenvalue weighted by Crippen LogP contribution is -2.30. The molecule has 152 valence electrons. The van der Waals surface area contributed by atoms with Crippen LogP contribution < -0.4 is 10.6 Å². The largest absolute Gasteiger partial charge is 0.339 e. The van der Waals surface area contributed by atoms with Gasteiger partial charge in [0.05, 0.1) is 17.4 Å². The highest BCUT2D eigenvalue weighted by Gasteiger charge is 2.12. The predicted octanol–water partition coefficient (Wildman–Crippen LogP) is 4.32. The van der Waals surface area contributed by atoms with Gasteiger partial charge in [0, 0.05) is 35.9 Å². The van der Waals surface area contributed by atoms with E-state index in [9.17, 15) is 4.79 Å². The molecule has 0 bridgehead atoms. The van der Waals surface area contributed by atoms with Crippen LogP contribution in [0.3, 0.4) is 0 Å². The zero-order chi connectivity index (χ0) is 20.9. The fourth-order valence-corrected chi connectivity index (χ4v) is 3.22. The van der Waals surface area contributed by atoms with E-state index in [1.165, 1.54) is 0 Å². The van der Waals surface area contributed by atoms with Gasteiger partial charge in [0.2, 0.25) is 5.95 Å². The van der Waals surface area contributed by atoms with Gasteiger partial charge in [-0.25, -0.2) is 4.98 Å². The van der Waals surface area contributed by atoms with E-state index in [1.54, 1.807) is 23.4 Å². The number of H-pyrrole nitrogens is 1. The Morgan fingerprint density at radius 2 is 1.83 bits per heavy atom. The van der Waals surface area contributed by atoms with Crippen LogP contribution in [-0.4, -0.2) is 44.1 Å². The number of carbonyl (C=O) groups excluding carboxylic acids is 1. The highest BCUT2D eigenvalue weighted by molar-refractivity contribution is 5.94. The summed E-state index contributed by atoms with van der Waals surface area (Å²) in [6, 6.07) is 15.0. The van der Waals surface area contributed by atoms with Gasteiger partial charge in [-0.15, -0.1) is 0 Å². The number of hydrogen-bond acceptors (Lipinski definition) is 6. The van der Waals surface area contributed by atoms with E-state index in [1.807, 2.05) is 56.3 Å².